The van der Waals surface area contributed by atoms with Crippen LogP contribution in [-0.4, -0.2) is 13.1 Å². The Hall–Kier alpha value is -1.05. The lowest BCUT2D eigenvalue weighted by molar-refractivity contribution is -0.134. The van der Waals surface area contributed by atoms with E-state index >= 15 is 0 Å². The summed E-state index contributed by atoms with van der Waals surface area (Å²) >= 11 is 0. The first-order valence-corrected chi connectivity index (χ1v) is 9.17. The van der Waals surface area contributed by atoms with Crippen LogP contribution in [0.25, 0.3) is 0 Å². The molecule has 0 spiro atoms. The zero-order valence-electron chi connectivity index (χ0n) is 15.7. The monoisotopic (exact) mass is 318 g/mol. The van der Waals surface area contributed by atoms with Gasteiger partial charge in [0.2, 0.25) is 0 Å². The fourth-order valence-corrected chi connectivity index (χ4v) is 5.19. The fourth-order valence-electron chi connectivity index (χ4n) is 5.19. The predicted octanol–water partition coefficient (Wildman–Crippen LogP) is 5.68. The van der Waals surface area contributed by atoms with Gasteiger partial charge in [-0.15, -0.1) is 0 Å². The lowest BCUT2D eigenvalue weighted by Gasteiger charge is -2.59. The number of ether oxygens (including phenoxy) is 1. The second-order valence-corrected chi connectivity index (χ2v) is 8.43. The molecule has 0 aliphatic heterocycles. The van der Waals surface area contributed by atoms with E-state index in [1.807, 2.05) is 6.92 Å². The van der Waals surface area contributed by atoms with Crippen molar-refractivity contribution in [3.63, 3.8) is 0 Å². The standard InChI is InChI=1S/C21H34O2/c1-15(14-19(22)23-6)10-12-20(4)17(3)11-13-21(5)16(2)8-7-9-18(20)21/h14,17-18H,2,7-13H2,1,3-6H3/b15-14-/t17-,18-,20+,21+/m1/s1. The number of fused-ring (bicyclic) bond motifs is 1. The van der Waals surface area contributed by atoms with Gasteiger partial charge >= 0.3 is 5.97 Å². The first kappa shape index (κ1) is 18.3. The molecular formula is C21H34O2. The average Bonchev–Trinajstić information content (AvgIpc) is 2.52. The molecule has 0 unspecified atom stereocenters. The third-order valence-corrected chi connectivity index (χ3v) is 7.19. The zero-order valence-corrected chi connectivity index (χ0v) is 15.7. The Morgan fingerprint density at radius 2 is 2.09 bits per heavy atom. The van der Waals surface area contributed by atoms with Gasteiger partial charge in [0, 0.05) is 6.08 Å². The number of carbonyl (C=O) groups excluding carboxylic acids is 1. The predicted molar refractivity (Wildman–Crippen MR) is 96.1 cm³/mol. The fraction of sp³-hybridized carbons (Fsp3) is 0.762. The van der Waals surface area contributed by atoms with Crippen molar-refractivity contribution in [3.05, 3.63) is 23.8 Å². The molecular weight excluding hydrogens is 284 g/mol. The normalized spacial score (nSPS) is 38.1. The van der Waals surface area contributed by atoms with Crippen LogP contribution >= 0.6 is 0 Å². The van der Waals surface area contributed by atoms with Gasteiger partial charge in [0.1, 0.15) is 0 Å². The molecule has 0 bridgehead atoms. The van der Waals surface area contributed by atoms with Crippen LogP contribution in [0.2, 0.25) is 0 Å². The van der Waals surface area contributed by atoms with Crippen LogP contribution in [0.1, 0.15) is 72.6 Å². The SMILES string of the molecule is C=C1CCC[C@@H]2[C@@](C)(CC/C(C)=C\C(=O)OC)[C@H](C)CC[C@@]12C. The summed E-state index contributed by atoms with van der Waals surface area (Å²) in [6.45, 7) is 13.9. The van der Waals surface area contributed by atoms with Gasteiger partial charge in [-0.05, 0) is 74.5 Å². The number of hydrogen-bond acceptors (Lipinski definition) is 2. The largest absolute Gasteiger partial charge is 0.466 e. The Balaban J connectivity index is 2.18. The maximum absolute atomic E-state index is 11.4. The minimum atomic E-state index is -0.236. The van der Waals surface area contributed by atoms with Crippen LogP contribution in [0.5, 0.6) is 0 Å². The van der Waals surface area contributed by atoms with Gasteiger partial charge in [0.15, 0.2) is 0 Å². The van der Waals surface area contributed by atoms with Crippen LogP contribution in [0.15, 0.2) is 23.8 Å². The highest BCUT2D eigenvalue weighted by atomic mass is 16.5. The topological polar surface area (TPSA) is 26.3 Å². The Labute approximate surface area is 142 Å². The van der Waals surface area contributed by atoms with Crippen LogP contribution in [0.3, 0.4) is 0 Å². The van der Waals surface area contributed by atoms with Gasteiger partial charge < -0.3 is 4.74 Å². The van der Waals surface area contributed by atoms with E-state index in [-0.39, 0.29) is 5.97 Å². The number of methoxy groups -OCH3 is 1. The van der Waals surface area contributed by atoms with Crippen LogP contribution < -0.4 is 0 Å². The van der Waals surface area contributed by atoms with Crippen LogP contribution in [-0.2, 0) is 9.53 Å². The van der Waals surface area contributed by atoms with E-state index in [0.29, 0.717) is 10.8 Å². The Morgan fingerprint density at radius 1 is 1.39 bits per heavy atom. The summed E-state index contributed by atoms with van der Waals surface area (Å²) in [4.78, 5) is 11.4. The summed E-state index contributed by atoms with van der Waals surface area (Å²) < 4.78 is 4.75. The zero-order chi connectivity index (χ0) is 17.3. The van der Waals surface area contributed by atoms with Crippen molar-refractivity contribution in [1.29, 1.82) is 0 Å². The summed E-state index contributed by atoms with van der Waals surface area (Å²) in [6.07, 6.45) is 10.2. The summed E-state index contributed by atoms with van der Waals surface area (Å²) in [5.41, 5.74) is 3.27. The van der Waals surface area contributed by atoms with E-state index in [1.54, 1.807) is 6.08 Å². The first-order chi connectivity index (χ1) is 10.7. The quantitative estimate of drug-likeness (QED) is 0.378. The van der Waals surface area contributed by atoms with Crippen molar-refractivity contribution in [3.8, 4) is 0 Å². The molecule has 2 nitrogen and oxygen atoms in total. The van der Waals surface area contributed by atoms with E-state index in [1.165, 1.54) is 44.8 Å². The number of hydrogen-bond donors (Lipinski definition) is 0. The molecule has 2 aliphatic carbocycles. The second-order valence-electron chi connectivity index (χ2n) is 8.43. The van der Waals surface area contributed by atoms with Crippen LogP contribution in [0.4, 0.5) is 0 Å². The molecule has 0 aromatic heterocycles. The van der Waals surface area contributed by atoms with Crippen molar-refractivity contribution in [2.24, 2.45) is 22.7 Å². The lowest BCUT2D eigenvalue weighted by Crippen LogP contribution is -2.50. The molecule has 0 aromatic carbocycles. The lowest BCUT2D eigenvalue weighted by atomic mass is 9.46. The third kappa shape index (κ3) is 3.41. The number of carbonyl (C=O) groups is 1. The number of allylic oxidation sites excluding steroid dienone is 2. The molecule has 130 valence electrons. The number of esters is 1. The van der Waals surface area contributed by atoms with E-state index in [4.69, 9.17) is 4.74 Å². The molecule has 0 amide bonds. The molecule has 2 fully saturated rings. The molecule has 0 heterocycles. The van der Waals surface area contributed by atoms with Crippen molar-refractivity contribution in [2.45, 2.75) is 72.6 Å². The summed E-state index contributed by atoms with van der Waals surface area (Å²) in [6, 6.07) is 0. The van der Waals surface area contributed by atoms with Gasteiger partial charge in [-0.2, -0.15) is 0 Å². The Kier molecular flexibility index (Phi) is 5.43. The van der Waals surface area contributed by atoms with Crippen molar-refractivity contribution in [2.75, 3.05) is 7.11 Å². The highest BCUT2D eigenvalue weighted by Gasteiger charge is 2.53. The van der Waals surface area contributed by atoms with Crippen molar-refractivity contribution < 1.29 is 9.53 Å². The molecule has 2 aliphatic rings. The van der Waals surface area contributed by atoms with Gasteiger partial charge in [-0.1, -0.05) is 38.5 Å². The van der Waals surface area contributed by atoms with E-state index in [9.17, 15) is 4.79 Å². The smallest absolute Gasteiger partial charge is 0.330 e. The van der Waals surface area contributed by atoms with Gasteiger partial charge in [-0.25, -0.2) is 4.79 Å². The minimum absolute atomic E-state index is 0.236. The van der Waals surface area contributed by atoms with E-state index in [0.717, 1.165) is 30.3 Å². The summed E-state index contributed by atoms with van der Waals surface area (Å²) in [5, 5.41) is 0. The van der Waals surface area contributed by atoms with Crippen molar-refractivity contribution in [1.82, 2.24) is 0 Å². The number of rotatable bonds is 4. The van der Waals surface area contributed by atoms with E-state index < -0.39 is 0 Å². The molecule has 2 heteroatoms. The average molecular weight is 319 g/mol. The second kappa shape index (κ2) is 6.83. The molecule has 2 saturated carbocycles. The highest BCUT2D eigenvalue weighted by molar-refractivity contribution is 5.82. The van der Waals surface area contributed by atoms with Gasteiger partial charge in [0.05, 0.1) is 7.11 Å². The highest BCUT2D eigenvalue weighted by Crippen LogP contribution is 2.62. The maximum Gasteiger partial charge on any atom is 0.330 e. The molecule has 4 atom stereocenters. The summed E-state index contributed by atoms with van der Waals surface area (Å²) in [5.74, 6) is 1.23. The molecule has 0 radical (unpaired) electrons. The van der Waals surface area contributed by atoms with Gasteiger partial charge in [-0.3, -0.25) is 0 Å². The van der Waals surface area contributed by atoms with Gasteiger partial charge in [0.25, 0.3) is 0 Å². The first-order valence-electron chi connectivity index (χ1n) is 9.17. The third-order valence-electron chi connectivity index (χ3n) is 7.19. The molecule has 0 aromatic rings. The van der Waals surface area contributed by atoms with E-state index in [2.05, 4.69) is 27.4 Å². The Morgan fingerprint density at radius 3 is 2.74 bits per heavy atom. The molecule has 23 heavy (non-hydrogen) atoms. The Bertz CT molecular complexity index is 504. The molecule has 0 saturated heterocycles. The minimum Gasteiger partial charge on any atom is -0.466 e. The summed E-state index contributed by atoms with van der Waals surface area (Å²) in [7, 11) is 1.44. The van der Waals surface area contributed by atoms with Crippen molar-refractivity contribution >= 4 is 5.97 Å². The van der Waals surface area contributed by atoms with Crippen LogP contribution in [0, 0.1) is 22.7 Å². The maximum atomic E-state index is 11.4. The molecule has 0 N–H and O–H groups in total. The molecule has 2 rings (SSSR count).